The second-order valence-electron chi connectivity index (χ2n) is 4.67. The monoisotopic (exact) mass is 288 g/mol. The maximum atomic E-state index is 13.8. The molecule has 0 unspecified atom stereocenters. The van der Waals surface area contributed by atoms with Crippen LogP contribution in [0.2, 0.25) is 0 Å². The van der Waals surface area contributed by atoms with Crippen molar-refractivity contribution in [3.63, 3.8) is 0 Å². The topological polar surface area (TPSA) is 51.4 Å². The molecule has 0 aliphatic rings. The van der Waals surface area contributed by atoms with Crippen molar-refractivity contribution in [1.29, 1.82) is 5.26 Å². The highest BCUT2D eigenvalue weighted by molar-refractivity contribution is 5.79. The molecule has 21 heavy (non-hydrogen) atoms. The van der Waals surface area contributed by atoms with E-state index in [1.54, 1.807) is 19.2 Å². The molecule has 4 nitrogen and oxygen atoms in total. The lowest BCUT2D eigenvalue weighted by atomic mass is 10.1. The van der Waals surface area contributed by atoms with Crippen LogP contribution in [0.1, 0.15) is 24.0 Å². The lowest BCUT2D eigenvalue weighted by molar-refractivity contribution is 0.468. The zero-order valence-electron chi connectivity index (χ0n) is 12.6. The third kappa shape index (κ3) is 5.27. The van der Waals surface area contributed by atoms with Crippen LogP contribution in [0.4, 0.5) is 4.39 Å². The molecule has 1 aromatic carbocycles. The third-order valence-corrected chi connectivity index (χ3v) is 3.09. The Morgan fingerprint density at radius 1 is 1.57 bits per heavy atom. The van der Waals surface area contributed by atoms with Gasteiger partial charge in [0, 0.05) is 32.7 Å². The van der Waals surface area contributed by atoms with Crippen molar-refractivity contribution in [3.8, 4) is 6.07 Å². The summed E-state index contributed by atoms with van der Waals surface area (Å²) in [7, 11) is 3.63. The summed E-state index contributed by atoms with van der Waals surface area (Å²) in [5.74, 6) is 0.328. The highest BCUT2D eigenvalue weighted by atomic mass is 19.1. The van der Waals surface area contributed by atoms with Crippen molar-refractivity contribution in [2.45, 2.75) is 19.4 Å². The van der Waals surface area contributed by atoms with Crippen LogP contribution in [0, 0.1) is 17.1 Å². The number of benzene rings is 1. The van der Waals surface area contributed by atoms with E-state index >= 15 is 0 Å². The summed E-state index contributed by atoms with van der Waals surface area (Å²) in [6, 6.07) is 6.39. The van der Waals surface area contributed by atoms with Crippen LogP contribution in [0.15, 0.2) is 35.8 Å². The molecule has 1 aromatic rings. The van der Waals surface area contributed by atoms with Gasteiger partial charge in [0.1, 0.15) is 5.82 Å². The number of hydrogen-bond acceptors (Lipinski definition) is 2. The van der Waals surface area contributed by atoms with E-state index in [0.717, 1.165) is 19.4 Å². The molecule has 0 amide bonds. The molecule has 0 saturated heterocycles. The molecule has 0 spiro atoms. The minimum Gasteiger partial charge on any atom is -0.352 e. The summed E-state index contributed by atoms with van der Waals surface area (Å²) in [6.07, 6.45) is 3.83. The van der Waals surface area contributed by atoms with E-state index in [0.29, 0.717) is 23.6 Å². The zero-order chi connectivity index (χ0) is 15.7. The predicted octanol–water partition coefficient (Wildman–Crippen LogP) is 2.67. The van der Waals surface area contributed by atoms with E-state index in [1.165, 1.54) is 6.07 Å². The van der Waals surface area contributed by atoms with Crippen LogP contribution in [0.25, 0.3) is 0 Å². The summed E-state index contributed by atoms with van der Waals surface area (Å²) in [4.78, 5) is 6.17. The van der Waals surface area contributed by atoms with Gasteiger partial charge in [0.15, 0.2) is 5.96 Å². The number of halogens is 1. The zero-order valence-corrected chi connectivity index (χ0v) is 12.6. The Labute approximate surface area is 125 Å². The average molecular weight is 288 g/mol. The predicted molar refractivity (Wildman–Crippen MR) is 83.4 cm³/mol. The quantitative estimate of drug-likeness (QED) is 0.379. The number of aliphatic imine (C=N–C) groups is 1. The van der Waals surface area contributed by atoms with Crippen molar-refractivity contribution in [2.75, 3.05) is 20.6 Å². The number of hydrogen-bond donors (Lipinski definition) is 1. The molecule has 1 rings (SSSR count). The van der Waals surface area contributed by atoms with Crippen molar-refractivity contribution < 1.29 is 4.39 Å². The van der Waals surface area contributed by atoms with Gasteiger partial charge in [-0.1, -0.05) is 12.1 Å². The van der Waals surface area contributed by atoms with Gasteiger partial charge in [-0.15, -0.1) is 6.58 Å². The first-order valence-corrected chi connectivity index (χ1v) is 6.83. The molecule has 0 aliphatic carbocycles. The van der Waals surface area contributed by atoms with Crippen LogP contribution in [0.3, 0.4) is 0 Å². The van der Waals surface area contributed by atoms with E-state index in [2.05, 4.69) is 16.9 Å². The molecule has 0 aromatic heterocycles. The van der Waals surface area contributed by atoms with E-state index in [-0.39, 0.29) is 5.82 Å². The Bertz CT molecular complexity index is 546. The third-order valence-electron chi connectivity index (χ3n) is 3.09. The standard InChI is InChI=1S/C16H21FN4/c1-4-5-6-9-21(3)16(19-2)20-12-14-8-7-13(11-18)10-15(14)17/h4,7-8,10H,1,5-6,9,12H2,2-3H3,(H,19,20). The summed E-state index contributed by atoms with van der Waals surface area (Å²) in [5, 5.41) is 11.8. The largest absolute Gasteiger partial charge is 0.352 e. The number of allylic oxidation sites excluding steroid dienone is 1. The molecule has 5 heteroatoms. The molecule has 0 radical (unpaired) electrons. The summed E-state index contributed by atoms with van der Waals surface area (Å²) in [5.41, 5.74) is 0.830. The highest BCUT2D eigenvalue weighted by Crippen LogP contribution is 2.09. The molecule has 0 aliphatic heterocycles. The molecule has 0 atom stereocenters. The van der Waals surface area contributed by atoms with Gasteiger partial charge in [-0.3, -0.25) is 4.99 Å². The van der Waals surface area contributed by atoms with Gasteiger partial charge in [0.05, 0.1) is 11.6 Å². The Kier molecular flexibility index (Phi) is 6.96. The van der Waals surface area contributed by atoms with Crippen molar-refractivity contribution >= 4 is 5.96 Å². The molecule has 112 valence electrons. The molecular weight excluding hydrogens is 267 g/mol. The van der Waals surface area contributed by atoms with Gasteiger partial charge in [-0.05, 0) is 25.0 Å². The maximum absolute atomic E-state index is 13.8. The highest BCUT2D eigenvalue weighted by Gasteiger charge is 2.08. The number of nitriles is 1. The SMILES string of the molecule is C=CCCCN(C)C(=NC)NCc1ccc(C#N)cc1F. The van der Waals surface area contributed by atoms with Gasteiger partial charge in [-0.25, -0.2) is 4.39 Å². The van der Waals surface area contributed by atoms with Crippen LogP contribution >= 0.6 is 0 Å². The fourth-order valence-electron chi connectivity index (χ4n) is 1.90. The molecule has 0 fully saturated rings. The Hall–Kier alpha value is -2.35. The average Bonchev–Trinajstić information content (AvgIpc) is 2.49. The number of rotatable bonds is 6. The van der Waals surface area contributed by atoms with Crippen molar-refractivity contribution in [3.05, 3.63) is 47.8 Å². The Balaban J connectivity index is 2.59. The summed E-state index contributed by atoms with van der Waals surface area (Å²) < 4.78 is 13.8. The first kappa shape index (κ1) is 16.7. The fraction of sp³-hybridized carbons (Fsp3) is 0.375. The fourth-order valence-corrected chi connectivity index (χ4v) is 1.90. The molecular formula is C16H21FN4. The first-order valence-electron chi connectivity index (χ1n) is 6.83. The summed E-state index contributed by atoms with van der Waals surface area (Å²) >= 11 is 0. The van der Waals surface area contributed by atoms with Gasteiger partial charge in [0.25, 0.3) is 0 Å². The van der Waals surface area contributed by atoms with Crippen molar-refractivity contribution in [1.82, 2.24) is 10.2 Å². The number of nitrogens with one attached hydrogen (secondary N) is 1. The summed E-state index contributed by atoms with van der Waals surface area (Å²) in [6.45, 7) is 4.87. The lowest BCUT2D eigenvalue weighted by Crippen LogP contribution is -2.39. The Morgan fingerprint density at radius 3 is 2.90 bits per heavy atom. The minimum absolute atomic E-state index is 0.321. The van der Waals surface area contributed by atoms with E-state index in [4.69, 9.17) is 5.26 Å². The molecule has 0 saturated carbocycles. The number of guanidine groups is 1. The van der Waals surface area contributed by atoms with Gasteiger partial charge >= 0.3 is 0 Å². The van der Waals surface area contributed by atoms with Crippen LogP contribution < -0.4 is 5.32 Å². The Morgan fingerprint density at radius 2 is 2.33 bits per heavy atom. The van der Waals surface area contributed by atoms with Gasteiger partial charge in [0.2, 0.25) is 0 Å². The lowest BCUT2D eigenvalue weighted by Gasteiger charge is -2.22. The second kappa shape index (κ2) is 8.75. The smallest absolute Gasteiger partial charge is 0.193 e. The van der Waals surface area contributed by atoms with E-state index in [1.807, 2.05) is 24.1 Å². The van der Waals surface area contributed by atoms with Gasteiger partial charge < -0.3 is 10.2 Å². The molecule has 0 bridgehead atoms. The molecule has 1 N–H and O–H groups in total. The van der Waals surface area contributed by atoms with Crippen LogP contribution in [0.5, 0.6) is 0 Å². The van der Waals surface area contributed by atoms with E-state index in [9.17, 15) is 4.39 Å². The number of nitrogens with zero attached hydrogens (tertiary/aromatic N) is 3. The normalized spacial score (nSPS) is 10.9. The second-order valence-corrected chi connectivity index (χ2v) is 4.67. The van der Waals surface area contributed by atoms with Crippen LogP contribution in [-0.2, 0) is 6.54 Å². The van der Waals surface area contributed by atoms with Crippen molar-refractivity contribution in [2.24, 2.45) is 4.99 Å². The van der Waals surface area contributed by atoms with E-state index < -0.39 is 0 Å². The number of unbranched alkanes of at least 4 members (excludes halogenated alkanes) is 1. The first-order chi connectivity index (χ1) is 10.1. The minimum atomic E-state index is -0.383. The van der Waals surface area contributed by atoms with Crippen LogP contribution in [-0.4, -0.2) is 31.5 Å². The maximum Gasteiger partial charge on any atom is 0.193 e. The molecule has 0 heterocycles. The van der Waals surface area contributed by atoms with Gasteiger partial charge in [-0.2, -0.15) is 5.26 Å².